The maximum Gasteiger partial charge on any atom is 0.178 e. The Labute approximate surface area is 186 Å². The number of aromatic nitrogens is 3. The van der Waals surface area contributed by atoms with Crippen LogP contribution in [-0.4, -0.2) is 77.1 Å². The first-order valence-electron chi connectivity index (χ1n) is 11.9. The monoisotopic (exact) mass is 420 g/mol. The summed E-state index contributed by atoms with van der Waals surface area (Å²) in [5.74, 6) is 0.885. The Bertz CT molecular complexity index is 909. The van der Waals surface area contributed by atoms with Crippen LogP contribution < -0.4 is 4.90 Å². The van der Waals surface area contributed by atoms with Crippen LogP contribution in [0.2, 0.25) is 0 Å². The number of hydrogen-bond acceptors (Lipinski definition) is 5. The topological polar surface area (TPSA) is 51.3 Å². The molecule has 1 aliphatic heterocycles. The molecule has 0 radical (unpaired) electrons. The third-order valence-corrected chi connectivity index (χ3v) is 6.46. The summed E-state index contributed by atoms with van der Waals surface area (Å²) >= 11 is 0. The minimum absolute atomic E-state index is 0.770. The largest absolute Gasteiger partial charge is 0.369 e. The minimum Gasteiger partial charge on any atom is -0.369 e. The fourth-order valence-electron chi connectivity index (χ4n) is 4.45. The highest BCUT2D eigenvalue weighted by molar-refractivity contribution is 5.76. The molecule has 3 aromatic rings. The average molecular weight is 421 g/mol. The van der Waals surface area contributed by atoms with E-state index in [0.717, 1.165) is 61.8 Å². The number of fused-ring (bicyclic) bond motifs is 1. The standard InChI is InChI=1S/C25H36N6/c1-3-29(4-2)16-18-31(19-17-30-14-6-5-7-15-30)22-11-8-10-21(20-22)24-27-23-12-9-13-26-25(23)28-24/h8-13,20H,3-7,14-19H2,1-2H3,(H,26,27,28). The van der Waals surface area contributed by atoms with E-state index in [2.05, 4.69) is 62.8 Å². The number of hydrogen-bond donors (Lipinski definition) is 1. The summed E-state index contributed by atoms with van der Waals surface area (Å²) in [5, 5.41) is 0. The van der Waals surface area contributed by atoms with Gasteiger partial charge in [0.15, 0.2) is 5.65 Å². The molecule has 1 aliphatic rings. The van der Waals surface area contributed by atoms with Crippen molar-refractivity contribution in [2.45, 2.75) is 33.1 Å². The first-order valence-corrected chi connectivity index (χ1v) is 11.9. The van der Waals surface area contributed by atoms with Crippen molar-refractivity contribution in [2.75, 3.05) is 57.3 Å². The van der Waals surface area contributed by atoms with E-state index >= 15 is 0 Å². The van der Waals surface area contributed by atoms with E-state index in [1.165, 1.54) is 38.0 Å². The van der Waals surface area contributed by atoms with Gasteiger partial charge >= 0.3 is 0 Å². The van der Waals surface area contributed by atoms with Crippen molar-refractivity contribution in [3.8, 4) is 11.4 Å². The van der Waals surface area contributed by atoms with Crippen molar-refractivity contribution in [2.24, 2.45) is 0 Å². The molecule has 0 aliphatic carbocycles. The highest BCUT2D eigenvalue weighted by atomic mass is 15.2. The second-order valence-electron chi connectivity index (χ2n) is 8.43. The molecule has 0 bridgehead atoms. The summed E-state index contributed by atoms with van der Waals surface area (Å²) in [6.45, 7) is 13.5. The zero-order valence-electron chi connectivity index (χ0n) is 19.1. The Morgan fingerprint density at radius 3 is 2.58 bits per heavy atom. The molecule has 0 atom stereocenters. The summed E-state index contributed by atoms with van der Waals surface area (Å²) in [6, 6.07) is 12.8. The van der Waals surface area contributed by atoms with E-state index in [1.807, 2.05) is 12.1 Å². The van der Waals surface area contributed by atoms with Crippen LogP contribution in [-0.2, 0) is 0 Å². The van der Waals surface area contributed by atoms with Crippen molar-refractivity contribution in [1.82, 2.24) is 24.8 Å². The molecule has 1 saturated heterocycles. The number of H-pyrrole nitrogens is 1. The van der Waals surface area contributed by atoms with Gasteiger partial charge in [-0.1, -0.05) is 32.4 Å². The van der Waals surface area contributed by atoms with E-state index in [0.29, 0.717) is 0 Å². The van der Waals surface area contributed by atoms with E-state index < -0.39 is 0 Å². The molecule has 4 rings (SSSR count). The number of pyridine rings is 1. The summed E-state index contributed by atoms with van der Waals surface area (Å²) in [7, 11) is 0. The molecule has 166 valence electrons. The Balaban J connectivity index is 1.53. The maximum atomic E-state index is 4.70. The summed E-state index contributed by atoms with van der Waals surface area (Å²) < 4.78 is 0. The first kappa shape index (κ1) is 21.8. The van der Waals surface area contributed by atoms with Crippen molar-refractivity contribution < 1.29 is 0 Å². The zero-order chi connectivity index (χ0) is 21.5. The number of likely N-dealkylation sites (tertiary alicyclic amines) is 1. The van der Waals surface area contributed by atoms with Crippen LogP contribution in [0.5, 0.6) is 0 Å². The van der Waals surface area contributed by atoms with Gasteiger partial charge < -0.3 is 19.7 Å². The number of likely N-dealkylation sites (N-methyl/N-ethyl adjacent to an activating group) is 1. The van der Waals surface area contributed by atoms with Crippen molar-refractivity contribution in [1.29, 1.82) is 0 Å². The Kier molecular flexibility index (Phi) is 7.54. The Morgan fingerprint density at radius 1 is 0.968 bits per heavy atom. The quantitative estimate of drug-likeness (QED) is 0.531. The molecule has 0 saturated carbocycles. The maximum absolute atomic E-state index is 4.70. The lowest BCUT2D eigenvalue weighted by atomic mass is 10.1. The number of benzene rings is 1. The lowest BCUT2D eigenvalue weighted by Crippen LogP contribution is -2.41. The van der Waals surface area contributed by atoms with Crippen LogP contribution in [0.3, 0.4) is 0 Å². The number of anilines is 1. The number of nitrogens with zero attached hydrogens (tertiary/aromatic N) is 5. The normalized spacial score (nSPS) is 15.1. The first-order chi connectivity index (χ1) is 15.3. The highest BCUT2D eigenvalue weighted by Gasteiger charge is 2.15. The number of nitrogens with one attached hydrogen (secondary N) is 1. The smallest absolute Gasteiger partial charge is 0.178 e. The fraction of sp³-hybridized carbons (Fsp3) is 0.520. The predicted molar refractivity (Wildman–Crippen MR) is 130 cm³/mol. The van der Waals surface area contributed by atoms with Gasteiger partial charge in [-0.25, -0.2) is 9.97 Å². The molecular weight excluding hydrogens is 384 g/mol. The van der Waals surface area contributed by atoms with Crippen molar-refractivity contribution in [3.05, 3.63) is 42.6 Å². The van der Waals surface area contributed by atoms with Gasteiger partial charge in [-0.15, -0.1) is 0 Å². The van der Waals surface area contributed by atoms with Gasteiger partial charge in [0.1, 0.15) is 5.82 Å². The van der Waals surface area contributed by atoms with Crippen LogP contribution in [0.25, 0.3) is 22.6 Å². The van der Waals surface area contributed by atoms with Gasteiger partial charge in [0.05, 0.1) is 5.52 Å². The molecule has 1 fully saturated rings. The van der Waals surface area contributed by atoms with Crippen molar-refractivity contribution >= 4 is 16.9 Å². The minimum atomic E-state index is 0.770. The Hall–Kier alpha value is -2.44. The molecule has 0 spiro atoms. The molecule has 31 heavy (non-hydrogen) atoms. The molecule has 3 heterocycles. The van der Waals surface area contributed by atoms with E-state index in [4.69, 9.17) is 4.98 Å². The summed E-state index contributed by atoms with van der Waals surface area (Å²) in [5.41, 5.74) is 4.13. The summed E-state index contributed by atoms with van der Waals surface area (Å²) in [6.07, 6.45) is 5.86. The van der Waals surface area contributed by atoms with Crippen LogP contribution >= 0.6 is 0 Å². The lowest BCUT2D eigenvalue weighted by Gasteiger charge is -2.32. The van der Waals surface area contributed by atoms with Crippen LogP contribution in [0.15, 0.2) is 42.6 Å². The van der Waals surface area contributed by atoms with Crippen molar-refractivity contribution in [3.63, 3.8) is 0 Å². The molecule has 2 aromatic heterocycles. The summed E-state index contributed by atoms with van der Waals surface area (Å²) in [4.78, 5) is 20.2. The van der Waals surface area contributed by atoms with Gasteiger partial charge in [-0.2, -0.15) is 0 Å². The number of piperidine rings is 1. The van der Waals surface area contributed by atoms with Gasteiger partial charge in [-0.3, -0.25) is 0 Å². The average Bonchev–Trinajstić information content (AvgIpc) is 3.27. The molecule has 6 heteroatoms. The van der Waals surface area contributed by atoms with E-state index in [-0.39, 0.29) is 0 Å². The predicted octanol–water partition coefficient (Wildman–Crippen LogP) is 4.26. The van der Waals surface area contributed by atoms with Crippen LogP contribution in [0, 0.1) is 0 Å². The molecule has 6 nitrogen and oxygen atoms in total. The van der Waals surface area contributed by atoms with Gasteiger partial charge in [-0.05, 0) is 63.3 Å². The molecule has 0 amide bonds. The SMILES string of the molecule is CCN(CC)CCN(CCN1CCCCC1)c1cccc(-c2nc3ncccc3[nH]2)c1. The van der Waals surface area contributed by atoms with Gasteiger partial charge in [0, 0.05) is 43.6 Å². The van der Waals surface area contributed by atoms with Crippen LogP contribution in [0.4, 0.5) is 5.69 Å². The number of aromatic amines is 1. The second-order valence-corrected chi connectivity index (χ2v) is 8.43. The van der Waals surface area contributed by atoms with E-state index in [1.54, 1.807) is 6.20 Å². The third-order valence-electron chi connectivity index (χ3n) is 6.46. The molecule has 1 aromatic carbocycles. The lowest BCUT2D eigenvalue weighted by molar-refractivity contribution is 0.231. The zero-order valence-corrected chi connectivity index (χ0v) is 19.1. The number of rotatable bonds is 10. The van der Waals surface area contributed by atoms with E-state index in [9.17, 15) is 0 Å². The Morgan fingerprint density at radius 2 is 1.81 bits per heavy atom. The fourth-order valence-corrected chi connectivity index (χ4v) is 4.45. The van der Waals surface area contributed by atoms with Gasteiger partial charge in [0.2, 0.25) is 0 Å². The molecule has 1 N–H and O–H groups in total. The molecular formula is C25H36N6. The second kappa shape index (κ2) is 10.7. The third kappa shape index (κ3) is 5.63. The number of imidazole rings is 1. The highest BCUT2D eigenvalue weighted by Crippen LogP contribution is 2.24. The van der Waals surface area contributed by atoms with Gasteiger partial charge in [0.25, 0.3) is 0 Å². The molecule has 0 unspecified atom stereocenters. The van der Waals surface area contributed by atoms with Crippen LogP contribution in [0.1, 0.15) is 33.1 Å².